The Kier molecular flexibility index (Phi) is 5.96. The minimum Gasteiger partial charge on any atom is -0.342 e. The molecule has 0 heterocycles. The maximum absolute atomic E-state index is 12.0. The molecule has 1 aliphatic carbocycles. The summed E-state index contributed by atoms with van der Waals surface area (Å²) in [6, 6.07) is -0.0363. The van der Waals surface area contributed by atoms with E-state index in [1.54, 1.807) is 0 Å². The van der Waals surface area contributed by atoms with Gasteiger partial charge in [0.25, 0.3) is 0 Å². The van der Waals surface area contributed by atoms with Gasteiger partial charge in [0.15, 0.2) is 0 Å². The van der Waals surface area contributed by atoms with Crippen molar-refractivity contribution in [2.24, 2.45) is 11.8 Å². The van der Waals surface area contributed by atoms with Gasteiger partial charge in [0.05, 0.1) is 6.04 Å². The minimum atomic E-state index is -0.0363. The second kappa shape index (κ2) is 7.00. The summed E-state index contributed by atoms with van der Waals surface area (Å²) >= 11 is 0. The molecule has 3 nitrogen and oxygen atoms in total. The molecule has 1 amide bonds. The van der Waals surface area contributed by atoms with Crippen molar-refractivity contribution in [2.75, 3.05) is 19.6 Å². The molecule has 0 saturated heterocycles. The topological polar surface area (TPSA) is 32.3 Å². The summed E-state index contributed by atoms with van der Waals surface area (Å²) in [7, 11) is 0. The molecule has 0 aliphatic heterocycles. The lowest BCUT2D eigenvalue weighted by atomic mass is 10.1. The average Bonchev–Trinajstić information content (AvgIpc) is 2.73. The molecule has 3 heteroatoms. The molecular weight excluding hydrogens is 212 g/mol. The third-order valence-electron chi connectivity index (χ3n) is 3.96. The number of rotatable bonds is 6. The third kappa shape index (κ3) is 4.30. The summed E-state index contributed by atoms with van der Waals surface area (Å²) in [5, 5.41) is 3.40. The van der Waals surface area contributed by atoms with E-state index < -0.39 is 0 Å². The largest absolute Gasteiger partial charge is 0.342 e. The fraction of sp³-hybridized carbons (Fsp3) is 0.929. The van der Waals surface area contributed by atoms with Gasteiger partial charge >= 0.3 is 0 Å². The van der Waals surface area contributed by atoms with Gasteiger partial charge in [-0.1, -0.05) is 13.3 Å². The highest BCUT2D eigenvalue weighted by Gasteiger charge is 2.23. The molecule has 1 aliphatic rings. The monoisotopic (exact) mass is 240 g/mol. The zero-order valence-electron chi connectivity index (χ0n) is 11.8. The number of carbonyl (C=O) groups is 1. The highest BCUT2D eigenvalue weighted by molar-refractivity contribution is 5.81. The maximum atomic E-state index is 12.0. The van der Waals surface area contributed by atoms with Crippen LogP contribution in [0.15, 0.2) is 0 Å². The summed E-state index contributed by atoms with van der Waals surface area (Å²) in [5.41, 5.74) is 0. The van der Waals surface area contributed by atoms with Crippen LogP contribution in [-0.2, 0) is 4.79 Å². The molecule has 1 N–H and O–H groups in total. The van der Waals surface area contributed by atoms with Crippen LogP contribution >= 0.6 is 0 Å². The molecule has 3 unspecified atom stereocenters. The fourth-order valence-electron chi connectivity index (χ4n) is 2.75. The Morgan fingerprint density at radius 3 is 2.47 bits per heavy atom. The Balaban J connectivity index is 2.28. The quantitative estimate of drug-likeness (QED) is 0.772. The van der Waals surface area contributed by atoms with Gasteiger partial charge < -0.3 is 10.2 Å². The first kappa shape index (κ1) is 14.5. The Bertz CT molecular complexity index is 238. The Labute approximate surface area is 106 Å². The highest BCUT2D eigenvalue weighted by atomic mass is 16.2. The van der Waals surface area contributed by atoms with Gasteiger partial charge in [-0.25, -0.2) is 0 Å². The zero-order valence-corrected chi connectivity index (χ0v) is 11.8. The van der Waals surface area contributed by atoms with E-state index in [1.807, 2.05) is 25.7 Å². The molecule has 1 fully saturated rings. The van der Waals surface area contributed by atoms with Gasteiger partial charge in [-0.05, 0) is 52.0 Å². The van der Waals surface area contributed by atoms with E-state index in [1.165, 1.54) is 19.3 Å². The number of amides is 1. The summed E-state index contributed by atoms with van der Waals surface area (Å²) < 4.78 is 0. The lowest BCUT2D eigenvalue weighted by Crippen LogP contribution is -2.45. The molecule has 1 saturated carbocycles. The second-order valence-corrected chi connectivity index (χ2v) is 5.42. The standard InChI is InChI=1S/C14H28N2O/c1-5-16(6-2)14(17)12(4)15-10-13-8-7-11(3)9-13/h11-13,15H,5-10H2,1-4H3. The average molecular weight is 240 g/mol. The molecule has 0 aromatic carbocycles. The molecule has 0 aromatic rings. The molecule has 17 heavy (non-hydrogen) atoms. The first-order valence-corrected chi connectivity index (χ1v) is 7.10. The van der Waals surface area contributed by atoms with Gasteiger partial charge in [0.2, 0.25) is 5.91 Å². The Hall–Kier alpha value is -0.570. The van der Waals surface area contributed by atoms with Crippen LogP contribution in [0.5, 0.6) is 0 Å². The van der Waals surface area contributed by atoms with Crippen LogP contribution < -0.4 is 5.32 Å². The van der Waals surface area contributed by atoms with Crippen molar-refractivity contribution in [1.82, 2.24) is 10.2 Å². The predicted molar refractivity (Wildman–Crippen MR) is 71.9 cm³/mol. The summed E-state index contributed by atoms with van der Waals surface area (Å²) in [4.78, 5) is 13.9. The Morgan fingerprint density at radius 1 is 1.35 bits per heavy atom. The first-order chi connectivity index (χ1) is 8.08. The number of hydrogen-bond acceptors (Lipinski definition) is 2. The number of nitrogens with one attached hydrogen (secondary N) is 1. The van der Waals surface area contributed by atoms with E-state index in [9.17, 15) is 4.79 Å². The van der Waals surface area contributed by atoms with Gasteiger partial charge in [0, 0.05) is 13.1 Å². The van der Waals surface area contributed by atoms with Crippen LogP contribution in [0.2, 0.25) is 0 Å². The number of nitrogens with zero attached hydrogens (tertiary/aromatic N) is 1. The van der Waals surface area contributed by atoms with Crippen molar-refractivity contribution in [3.05, 3.63) is 0 Å². The van der Waals surface area contributed by atoms with E-state index in [0.29, 0.717) is 0 Å². The van der Waals surface area contributed by atoms with Crippen LogP contribution in [0.1, 0.15) is 47.0 Å². The van der Waals surface area contributed by atoms with Gasteiger partial charge in [0.1, 0.15) is 0 Å². The van der Waals surface area contributed by atoms with Crippen molar-refractivity contribution in [3.8, 4) is 0 Å². The van der Waals surface area contributed by atoms with E-state index in [-0.39, 0.29) is 11.9 Å². The van der Waals surface area contributed by atoms with Crippen LogP contribution in [-0.4, -0.2) is 36.5 Å². The van der Waals surface area contributed by atoms with Crippen molar-refractivity contribution in [2.45, 2.75) is 53.0 Å². The zero-order chi connectivity index (χ0) is 12.8. The van der Waals surface area contributed by atoms with Crippen LogP contribution in [0.4, 0.5) is 0 Å². The van der Waals surface area contributed by atoms with E-state index >= 15 is 0 Å². The second-order valence-electron chi connectivity index (χ2n) is 5.42. The summed E-state index contributed by atoms with van der Waals surface area (Å²) in [5.74, 6) is 1.88. The minimum absolute atomic E-state index is 0.0363. The summed E-state index contributed by atoms with van der Waals surface area (Å²) in [6.07, 6.45) is 3.99. The van der Waals surface area contributed by atoms with E-state index in [4.69, 9.17) is 0 Å². The van der Waals surface area contributed by atoms with Crippen LogP contribution in [0.25, 0.3) is 0 Å². The number of likely N-dealkylation sites (N-methyl/N-ethyl adjacent to an activating group) is 1. The molecular formula is C14H28N2O. The van der Waals surface area contributed by atoms with Crippen LogP contribution in [0, 0.1) is 11.8 Å². The molecule has 0 bridgehead atoms. The van der Waals surface area contributed by atoms with Gasteiger partial charge in [-0.2, -0.15) is 0 Å². The first-order valence-electron chi connectivity index (χ1n) is 7.10. The molecule has 3 atom stereocenters. The highest BCUT2D eigenvalue weighted by Crippen LogP contribution is 2.29. The van der Waals surface area contributed by atoms with E-state index in [0.717, 1.165) is 31.5 Å². The maximum Gasteiger partial charge on any atom is 0.239 e. The number of hydrogen-bond donors (Lipinski definition) is 1. The normalized spacial score (nSPS) is 25.9. The SMILES string of the molecule is CCN(CC)C(=O)C(C)NCC1CCC(C)C1. The van der Waals surface area contributed by atoms with Gasteiger partial charge in [-0.3, -0.25) is 4.79 Å². The van der Waals surface area contributed by atoms with Crippen molar-refractivity contribution in [1.29, 1.82) is 0 Å². The molecule has 0 aromatic heterocycles. The lowest BCUT2D eigenvalue weighted by molar-refractivity contribution is -0.132. The van der Waals surface area contributed by atoms with Crippen molar-refractivity contribution >= 4 is 5.91 Å². The molecule has 0 radical (unpaired) electrons. The molecule has 100 valence electrons. The smallest absolute Gasteiger partial charge is 0.239 e. The van der Waals surface area contributed by atoms with Crippen molar-refractivity contribution < 1.29 is 4.79 Å². The third-order valence-corrected chi connectivity index (χ3v) is 3.96. The van der Waals surface area contributed by atoms with E-state index in [2.05, 4.69) is 12.2 Å². The number of carbonyl (C=O) groups excluding carboxylic acids is 1. The predicted octanol–water partition coefficient (Wildman–Crippen LogP) is 2.27. The lowest BCUT2D eigenvalue weighted by Gasteiger charge is -2.24. The molecule has 0 spiro atoms. The Morgan fingerprint density at radius 2 is 2.00 bits per heavy atom. The molecule has 1 rings (SSSR count). The van der Waals surface area contributed by atoms with Gasteiger partial charge in [-0.15, -0.1) is 0 Å². The van der Waals surface area contributed by atoms with Crippen molar-refractivity contribution in [3.63, 3.8) is 0 Å². The fourth-order valence-corrected chi connectivity index (χ4v) is 2.75. The van der Waals surface area contributed by atoms with Crippen LogP contribution in [0.3, 0.4) is 0 Å². The summed E-state index contributed by atoms with van der Waals surface area (Å²) in [6.45, 7) is 11.0.